The van der Waals surface area contributed by atoms with E-state index in [1.165, 1.54) is 0 Å². The van der Waals surface area contributed by atoms with Gasteiger partial charge in [-0.15, -0.1) is 0 Å². The van der Waals surface area contributed by atoms with Gasteiger partial charge in [0.25, 0.3) is 0 Å². The summed E-state index contributed by atoms with van der Waals surface area (Å²) in [6.45, 7) is 2.10. The Labute approximate surface area is 92.7 Å². The first-order valence-electron chi connectivity index (χ1n) is 5.49. The van der Waals surface area contributed by atoms with Gasteiger partial charge in [0.1, 0.15) is 0 Å². The lowest BCUT2D eigenvalue weighted by molar-refractivity contribution is 0.447. The summed E-state index contributed by atoms with van der Waals surface area (Å²) >= 11 is 0. The van der Waals surface area contributed by atoms with Crippen LogP contribution in [0.2, 0.25) is 0 Å². The Morgan fingerprint density at radius 1 is 1.12 bits per heavy atom. The van der Waals surface area contributed by atoms with E-state index in [0.717, 1.165) is 31.4 Å². The van der Waals surface area contributed by atoms with Crippen molar-refractivity contribution in [2.75, 3.05) is 5.32 Å². The van der Waals surface area contributed by atoms with Crippen LogP contribution in [0.3, 0.4) is 0 Å². The minimum atomic E-state index is -1.41. The summed E-state index contributed by atoms with van der Waals surface area (Å²) in [5.74, 6) is -3.22. The van der Waals surface area contributed by atoms with E-state index < -0.39 is 17.5 Å². The smallest absolute Gasteiger partial charge is 0.194 e. The van der Waals surface area contributed by atoms with Gasteiger partial charge < -0.3 is 5.32 Å². The van der Waals surface area contributed by atoms with Crippen molar-refractivity contribution in [3.05, 3.63) is 29.6 Å². The van der Waals surface area contributed by atoms with Crippen LogP contribution in [-0.4, -0.2) is 6.04 Å². The zero-order valence-corrected chi connectivity index (χ0v) is 9.06. The zero-order chi connectivity index (χ0) is 11.7. The summed E-state index contributed by atoms with van der Waals surface area (Å²) in [6.07, 6.45) is 3.22. The fourth-order valence-electron chi connectivity index (χ4n) is 2.21. The first-order chi connectivity index (χ1) is 7.58. The number of benzene rings is 1. The Morgan fingerprint density at radius 2 is 1.75 bits per heavy atom. The molecule has 0 heterocycles. The zero-order valence-electron chi connectivity index (χ0n) is 9.06. The molecule has 0 saturated heterocycles. The van der Waals surface area contributed by atoms with Crippen LogP contribution in [0.1, 0.15) is 26.2 Å². The van der Waals surface area contributed by atoms with Gasteiger partial charge in [-0.05, 0) is 18.8 Å². The van der Waals surface area contributed by atoms with Crippen LogP contribution in [0.5, 0.6) is 0 Å². The Balaban J connectivity index is 2.15. The van der Waals surface area contributed by atoms with Gasteiger partial charge in [-0.3, -0.25) is 0 Å². The standard InChI is InChI=1S/C12H14F3N/c1-7-3-2-4-11(7)16-8-5-9(13)12(15)10(14)6-8/h5-7,11,16H,2-4H2,1H3. The van der Waals surface area contributed by atoms with Crippen LogP contribution in [0.15, 0.2) is 12.1 Å². The second-order valence-corrected chi connectivity index (χ2v) is 4.41. The number of halogens is 3. The van der Waals surface area contributed by atoms with Crippen LogP contribution in [0.4, 0.5) is 18.9 Å². The molecule has 1 saturated carbocycles. The average Bonchev–Trinajstić information content (AvgIpc) is 2.61. The molecular formula is C12H14F3N. The average molecular weight is 229 g/mol. The van der Waals surface area contributed by atoms with Gasteiger partial charge in [0.05, 0.1) is 0 Å². The number of hydrogen-bond acceptors (Lipinski definition) is 1. The number of hydrogen-bond donors (Lipinski definition) is 1. The van der Waals surface area contributed by atoms with Crippen molar-refractivity contribution in [2.45, 2.75) is 32.2 Å². The molecule has 0 bridgehead atoms. The minimum absolute atomic E-state index is 0.226. The van der Waals surface area contributed by atoms with Crippen molar-refractivity contribution < 1.29 is 13.2 Å². The predicted molar refractivity (Wildman–Crippen MR) is 56.7 cm³/mol. The van der Waals surface area contributed by atoms with Crippen molar-refractivity contribution in [2.24, 2.45) is 5.92 Å². The summed E-state index contributed by atoms with van der Waals surface area (Å²) in [7, 11) is 0. The first-order valence-corrected chi connectivity index (χ1v) is 5.49. The van der Waals surface area contributed by atoms with E-state index in [1.807, 2.05) is 0 Å². The lowest BCUT2D eigenvalue weighted by Gasteiger charge is -2.18. The molecule has 1 aliphatic rings. The maximum atomic E-state index is 13.0. The van der Waals surface area contributed by atoms with E-state index >= 15 is 0 Å². The third kappa shape index (κ3) is 2.15. The number of nitrogens with one attached hydrogen (secondary N) is 1. The van der Waals surface area contributed by atoms with Gasteiger partial charge in [0.15, 0.2) is 17.5 Å². The maximum absolute atomic E-state index is 13.0. The SMILES string of the molecule is CC1CCCC1Nc1cc(F)c(F)c(F)c1. The van der Waals surface area contributed by atoms with Crippen LogP contribution in [0, 0.1) is 23.4 Å². The largest absolute Gasteiger partial charge is 0.382 e. The van der Waals surface area contributed by atoms with Crippen LogP contribution < -0.4 is 5.32 Å². The van der Waals surface area contributed by atoms with Crippen molar-refractivity contribution >= 4 is 5.69 Å². The molecule has 1 fully saturated rings. The Kier molecular flexibility index (Phi) is 3.08. The number of rotatable bonds is 2. The van der Waals surface area contributed by atoms with Gasteiger partial charge in [0.2, 0.25) is 0 Å². The fourth-order valence-corrected chi connectivity index (χ4v) is 2.21. The Hall–Kier alpha value is -1.19. The van der Waals surface area contributed by atoms with Crippen molar-refractivity contribution in [3.8, 4) is 0 Å². The van der Waals surface area contributed by atoms with E-state index in [9.17, 15) is 13.2 Å². The highest BCUT2D eigenvalue weighted by Gasteiger charge is 2.23. The van der Waals surface area contributed by atoms with E-state index in [0.29, 0.717) is 11.6 Å². The van der Waals surface area contributed by atoms with E-state index in [-0.39, 0.29) is 6.04 Å². The monoisotopic (exact) mass is 229 g/mol. The van der Waals surface area contributed by atoms with Crippen LogP contribution in [0.25, 0.3) is 0 Å². The molecule has 1 nitrogen and oxygen atoms in total. The fraction of sp³-hybridized carbons (Fsp3) is 0.500. The van der Waals surface area contributed by atoms with Crippen LogP contribution in [-0.2, 0) is 0 Å². The van der Waals surface area contributed by atoms with E-state index in [4.69, 9.17) is 0 Å². The Bertz CT molecular complexity index is 369. The van der Waals surface area contributed by atoms with E-state index in [2.05, 4.69) is 12.2 Å². The number of anilines is 1. The molecule has 2 unspecified atom stereocenters. The Morgan fingerprint density at radius 3 is 2.25 bits per heavy atom. The molecule has 4 heteroatoms. The molecule has 0 spiro atoms. The van der Waals surface area contributed by atoms with Gasteiger partial charge in [-0.1, -0.05) is 13.3 Å². The van der Waals surface area contributed by atoms with Gasteiger partial charge in [0, 0.05) is 23.9 Å². The highest BCUT2D eigenvalue weighted by Crippen LogP contribution is 2.28. The molecule has 1 aliphatic carbocycles. The molecule has 2 atom stereocenters. The molecule has 0 radical (unpaired) electrons. The predicted octanol–water partition coefficient (Wildman–Crippen LogP) is 3.70. The second kappa shape index (κ2) is 4.36. The summed E-state index contributed by atoms with van der Waals surface area (Å²) in [4.78, 5) is 0. The topological polar surface area (TPSA) is 12.0 Å². The molecule has 1 aromatic rings. The summed E-state index contributed by atoms with van der Waals surface area (Å²) in [6, 6.07) is 2.23. The van der Waals surface area contributed by atoms with Crippen molar-refractivity contribution in [1.82, 2.24) is 0 Å². The molecule has 1 aromatic carbocycles. The third-order valence-electron chi connectivity index (χ3n) is 3.20. The van der Waals surface area contributed by atoms with Crippen molar-refractivity contribution in [1.29, 1.82) is 0 Å². The highest BCUT2D eigenvalue weighted by molar-refractivity contribution is 5.45. The van der Waals surface area contributed by atoms with Gasteiger partial charge >= 0.3 is 0 Å². The van der Waals surface area contributed by atoms with E-state index in [1.54, 1.807) is 0 Å². The lowest BCUT2D eigenvalue weighted by atomic mass is 10.1. The van der Waals surface area contributed by atoms with Gasteiger partial charge in [-0.2, -0.15) is 0 Å². The maximum Gasteiger partial charge on any atom is 0.194 e. The third-order valence-corrected chi connectivity index (χ3v) is 3.20. The molecule has 0 aromatic heterocycles. The molecule has 0 amide bonds. The van der Waals surface area contributed by atoms with Crippen molar-refractivity contribution in [3.63, 3.8) is 0 Å². The molecule has 88 valence electrons. The summed E-state index contributed by atoms with van der Waals surface area (Å²) in [5, 5.41) is 3.05. The second-order valence-electron chi connectivity index (χ2n) is 4.41. The minimum Gasteiger partial charge on any atom is -0.382 e. The quantitative estimate of drug-likeness (QED) is 0.762. The normalized spacial score (nSPS) is 24.8. The van der Waals surface area contributed by atoms with Crippen LogP contribution >= 0.6 is 0 Å². The first kappa shape index (κ1) is 11.3. The molecule has 2 rings (SSSR count). The molecular weight excluding hydrogens is 215 g/mol. The van der Waals surface area contributed by atoms with Gasteiger partial charge in [-0.25, -0.2) is 13.2 Å². The molecule has 16 heavy (non-hydrogen) atoms. The summed E-state index contributed by atoms with van der Waals surface area (Å²) in [5.41, 5.74) is 0.315. The molecule has 0 aliphatic heterocycles. The lowest BCUT2D eigenvalue weighted by Crippen LogP contribution is -2.22. The summed E-state index contributed by atoms with van der Waals surface area (Å²) < 4.78 is 38.6. The molecule has 1 N–H and O–H groups in total. The highest BCUT2D eigenvalue weighted by atomic mass is 19.2.